The lowest BCUT2D eigenvalue weighted by atomic mass is 9.75. The maximum atomic E-state index is 13.2. The number of carbonyl (C=O) groups is 1. The van der Waals surface area contributed by atoms with Crippen molar-refractivity contribution in [1.29, 1.82) is 0 Å². The molecule has 0 bridgehead atoms. The number of carbonyl (C=O) groups excluding carboxylic acids is 1. The predicted molar refractivity (Wildman–Crippen MR) is 98.9 cm³/mol. The molecule has 1 fully saturated rings. The minimum absolute atomic E-state index is 0.102. The Morgan fingerprint density at radius 2 is 1.42 bits per heavy atom. The zero-order valence-corrected chi connectivity index (χ0v) is 14.5. The number of benzene rings is 2. The summed E-state index contributed by atoms with van der Waals surface area (Å²) in [5, 5.41) is 3.25. The number of hydrogen-bond donors (Lipinski definition) is 1. The zero-order valence-electron chi connectivity index (χ0n) is 14.5. The third-order valence-electron chi connectivity index (χ3n) is 5.43. The normalized spacial score (nSPS) is 15.9. The van der Waals surface area contributed by atoms with Crippen LogP contribution in [0, 0.1) is 5.92 Å². The van der Waals surface area contributed by atoms with Crippen LogP contribution in [0.15, 0.2) is 60.7 Å². The lowest BCUT2D eigenvalue weighted by Crippen LogP contribution is -2.45. The van der Waals surface area contributed by atoms with E-state index in [1.165, 1.54) is 32.1 Å². The van der Waals surface area contributed by atoms with Gasteiger partial charge >= 0.3 is 0 Å². The summed E-state index contributed by atoms with van der Waals surface area (Å²) < 4.78 is 0. The Morgan fingerprint density at radius 1 is 0.917 bits per heavy atom. The molecule has 2 aromatic carbocycles. The van der Waals surface area contributed by atoms with Crippen molar-refractivity contribution in [2.75, 3.05) is 6.54 Å². The highest BCUT2D eigenvalue weighted by atomic mass is 16.2. The molecule has 1 N–H and O–H groups in total. The van der Waals surface area contributed by atoms with E-state index >= 15 is 0 Å². The monoisotopic (exact) mass is 321 g/mol. The summed E-state index contributed by atoms with van der Waals surface area (Å²) >= 11 is 0. The fourth-order valence-corrected chi connectivity index (χ4v) is 3.78. The van der Waals surface area contributed by atoms with Crippen LogP contribution in [0.5, 0.6) is 0 Å². The lowest BCUT2D eigenvalue weighted by Gasteiger charge is -2.31. The van der Waals surface area contributed by atoms with Gasteiger partial charge in [0.25, 0.3) is 0 Å². The Morgan fingerprint density at radius 3 is 1.92 bits per heavy atom. The highest BCUT2D eigenvalue weighted by Crippen LogP contribution is 2.32. The summed E-state index contributed by atoms with van der Waals surface area (Å²) in [5.74, 6) is 0.740. The van der Waals surface area contributed by atoms with E-state index in [0.717, 1.165) is 17.7 Å². The van der Waals surface area contributed by atoms with Crippen molar-refractivity contribution in [3.05, 3.63) is 71.8 Å². The van der Waals surface area contributed by atoms with Gasteiger partial charge in [0, 0.05) is 6.54 Å². The Bertz CT molecular complexity index is 605. The number of hydrogen-bond acceptors (Lipinski definition) is 1. The molecule has 2 heteroatoms. The Kier molecular flexibility index (Phi) is 5.34. The van der Waals surface area contributed by atoms with E-state index in [1.54, 1.807) is 0 Å². The molecule has 0 saturated heterocycles. The number of rotatable bonds is 5. The molecule has 0 radical (unpaired) electrons. The molecule has 24 heavy (non-hydrogen) atoms. The standard InChI is InChI=1S/C22H27NO/c1-22(19-13-7-3-8-14-19,20-15-9-4-10-16-20)21(24)23-17-18-11-5-2-6-12-18/h3-4,7-10,13-16,18H,2,5-6,11-12,17H2,1H3,(H,23,24). The van der Waals surface area contributed by atoms with Gasteiger partial charge in [-0.05, 0) is 36.8 Å². The van der Waals surface area contributed by atoms with Crippen molar-refractivity contribution < 1.29 is 4.79 Å². The molecule has 1 aliphatic carbocycles. The fourth-order valence-electron chi connectivity index (χ4n) is 3.78. The van der Waals surface area contributed by atoms with Gasteiger partial charge in [0.1, 0.15) is 0 Å². The molecule has 0 unspecified atom stereocenters. The van der Waals surface area contributed by atoms with Gasteiger partial charge in [-0.1, -0.05) is 79.9 Å². The third kappa shape index (κ3) is 3.53. The first kappa shape index (κ1) is 16.8. The van der Waals surface area contributed by atoms with Gasteiger partial charge in [0.2, 0.25) is 5.91 Å². The maximum absolute atomic E-state index is 13.2. The second kappa shape index (κ2) is 7.65. The van der Waals surface area contributed by atoms with E-state index in [4.69, 9.17) is 0 Å². The Labute approximate surface area is 145 Å². The van der Waals surface area contributed by atoms with Gasteiger partial charge in [0.15, 0.2) is 0 Å². The maximum Gasteiger partial charge on any atom is 0.234 e. The largest absolute Gasteiger partial charge is 0.355 e. The quantitative estimate of drug-likeness (QED) is 0.850. The summed E-state index contributed by atoms with van der Waals surface area (Å²) in [6.07, 6.45) is 6.43. The molecule has 2 nitrogen and oxygen atoms in total. The molecule has 0 aliphatic heterocycles. The van der Waals surface area contributed by atoms with E-state index in [-0.39, 0.29) is 5.91 Å². The second-order valence-corrected chi connectivity index (χ2v) is 7.07. The fraction of sp³-hybridized carbons (Fsp3) is 0.409. The van der Waals surface area contributed by atoms with Gasteiger partial charge in [-0.2, -0.15) is 0 Å². The molecule has 3 rings (SSSR count). The van der Waals surface area contributed by atoms with Crippen LogP contribution in [0.2, 0.25) is 0 Å². The summed E-state index contributed by atoms with van der Waals surface area (Å²) in [6, 6.07) is 20.2. The Hall–Kier alpha value is -2.09. The molecule has 1 amide bonds. The highest BCUT2D eigenvalue weighted by Gasteiger charge is 2.37. The smallest absolute Gasteiger partial charge is 0.234 e. The molecular weight excluding hydrogens is 294 g/mol. The number of nitrogens with one attached hydrogen (secondary N) is 1. The molecule has 126 valence electrons. The predicted octanol–water partition coefficient (Wildman–Crippen LogP) is 4.69. The first-order chi connectivity index (χ1) is 11.7. The van der Waals surface area contributed by atoms with E-state index < -0.39 is 5.41 Å². The van der Waals surface area contributed by atoms with Gasteiger partial charge < -0.3 is 5.32 Å². The average Bonchev–Trinajstić information content (AvgIpc) is 2.67. The second-order valence-electron chi connectivity index (χ2n) is 7.07. The molecule has 0 heterocycles. The van der Waals surface area contributed by atoms with E-state index in [1.807, 2.05) is 67.6 Å². The molecular formula is C22H27NO. The highest BCUT2D eigenvalue weighted by molar-refractivity contribution is 5.91. The van der Waals surface area contributed by atoms with Crippen LogP contribution in [-0.2, 0) is 10.2 Å². The van der Waals surface area contributed by atoms with Gasteiger partial charge in [-0.3, -0.25) is 4.79 Å². The van der Waals surface area contributed by atoms with E-state index in [2.05, 4.69) is 5.32 Å². The zero-order chi connectivity index (χ0) is 16.8. The molecule has 0 atom stereocenters. The van der Waals surface area contributed by atoms with Crippen molar-refractivity contribution in [2.24, 2.45) is 5.92 Å². The average molecular weight is 321 g/mol. The first-order valence-electron chi connectivity index (χ1n) is 9.10. The summed E-state index contributed by atoms with van der Waals surface area (Å²) in [5.41, 5.74) is 1.42. The lowest BCUT2D eigenvalue weighted by molar-refractivity contribution is -0.125. The van der Waals surface area contributed by atoms with E-state index in [9.17, 15) is 4.79 Å². The topological polar surface area (TPSA) is 29.1 Å². The van der Waals surface area contributed by atoms with Crippen LogP contribution in [-0.4, -0.2) is 12.5 Å². The SMILES string of the molecule is CC(C(=O)NCC1CCCCC1)(c1ccccc1)c1ccccc1. The number of amides is 1. The van der Waals surface area contributed by atoms with Gasteiger partial charge in [-0.15, -0.1) is 0 Å². The molecule has 0 aromatic heterocycles. The van der Waals surface area contributed by atoms with Crippen LogP contribution in [0.4, 0.5) is 0 Å². The van der Waals surface area contributed by atoms with Crippen molar-refractivity contribution >= 4 is 5.91 Å². The first-order valence-corrected chi connectivity index (χ1v) is 9.10. The van der Waals surface area contributed by atoms with Crippen LogP contribution >= 0.6 is 0 Å². The molecule has 0 spiro atoms. The minimum Gasteiger partial charge on any atom is -0.355 e. The van der Waals surface area contributed by atoms with Crippen LogP contribution in [0.3, 0.4) is 0 Å². The summed E-state index contributed by atoms with van der Waals surface area (Å²) in [6.45, 7) is 2.84. The van der Waals surface area contributed by atoms with Crippen LogP contribution < -0.4 is 5.32 Å². The summed E-state index contributed by atoms with van der Waals surface area (Å²) in [4.78, 5) is 13.2. The molecule has 1 saturated carbocycles. The molecule has 2 aromatic rings. The van der Waals surface area contributed by atoms with Crippen LogP contribution in [0.25, 0.3) is 0 Å². The van der Waals surface area contributed by atoms with Crippen LogP contribution in [0.1, 0.15) is 50.2 Å². The van der Waals surface area contributed by atoms with Gasteiger partial charge in [0.05, 0.1) is 5.41 Å². The van der Waals surface area contributed by atoms with Crippen molar-refractivity contribution in [2.45, 2.75) is 44.4 Å². The third-order valence-corrected chi connectivity index (χ3v) is 5.43. The summed E-state index contributed by atoms with van der Waals surface area (Å²) in [7, 11) is 0. The van der Waals surface area contributed by atoms with Crippen molar-refractivity contribution in [1.82, 2.24) is 5.32 Å². The van der Waals surface area contributed by atoms with Gasteiger partial charge in [-0.25, -0.2) is 0 Å². The van der Waals surface area contributed by atoms with E-state index in [0.29, 0.717) is 5.92 Å². The van der Waals surface area contributed by atoms with Crippen molar-refractivity contribution in [3.8, 4) is 0 Å². The van der Waals surface area contributed by atoms with Crippen molar-refractivity contribution in [3.63, 3.8) is 0 Å². The molecule has 1 aliphatic rings. The Balaban J connectivity index is 1.83. The minimum atomic E-state index is -0.656.